The zero-order chi connectivity index (χ0) is 22.2. The summed E-state index contributed by atoms with van der Waals surface area (Å²) < 4.78 is 16.6. The first-order valence-corrected chi connectivity index (χ1v) is 11.0. The largest absolute Gasteiger partial charge is 0.497 e. The SMILES string of the molecule is COc1ccc([C@H]2C(C(=O)OC[C@@H]3CCCO3)=C(C)NC3=C2C(=O)CC(C)(C)C3)cc1. The summed E-state index contributed by atoms with van der Waals surface area (Å²) in [6.45, 7) is 7.03. The minimum Gasteiger partial charge on any atom is -0.497 e. The predicted molar refractivity (Wildman–Crippen MR) is 117 cm³/mol. The van der Waals surface area contributed by atoms with Crippen molar-refractivity contribution in [1.29, 1.82) is 0 Å². The maximum atomic E-state index is 13.3. The van der Waals surface area contributed by atoms with Crippen LogP contribution in [0.2, 0.25) is 0 Å². The van der Waals surface area contributed by atoms with Gasteiger partial charge in [-0.15, -0.1) is 0 Å². The molecule has 6 heteroatoms. The molecule has 0 aromatic heterocycles. The number of esters is 1. The highest BCUT2D eigenvalue weighted by atomic mass is 16.6. The first-order valence-electron chi connectivity index (χ1n) is 11.0. The molecular formula is C25H31NO5. The number of hydrogen-bond donors (Lipinski definition) is 1. The molecule has 0 spiro atoms. The van der Waals surface area contributed by atoms with E-state index < -0.39 is 11.9 Å². The summed E-state index contributed by atoms with van der Waals surface area (Å²) in [5.74, 6) is -0.0454. The molecule has 2 atom stereocenters. The van der Waals surface area contributed by atoms with Gasteiger partial charge in [-0.1, -0.05) is 26.0 Å². The molecule has 0 bridgehead atoms. The molecular weight excluding hydrogens is 394 g/mol. The van der Waals surface area contributed by atoms with Gasteiger partial charge in [-0.05, 0) is 49.3 Å². The molecule has 1 aliphatic carbocycles. The van der Waals surface area contributed by atoms with Crippen molar-refractivity contribution in [3.05, 3.63) is 52.4 Å². The molecule has 1 saturated heterocycles. The van der Waals surface area contributed by atoms with Gasteiger partial charge in [0, 0.05) is 35.9 Å². The van der Waals surface area contributed by atoms with Crippen molar-refractivity contribution in [2.75, 3.05) is 20.3 Å². The summed E-state index contributed by atoms with van der Waals surface area (Å²) in [6.07, 6.45) is 3.05. The van der Waals surface area contributed by atoms with Gasteiger partial charge in [-0.25, -0.2) is 4.79 Å². The fraction of sp³-hybridized carbons (Fsp3) is 0.520. The fourth-order valence-electron chi connectivity index (χ4n) is 4.86. The summed E-state index contributed by atoms with van der Waals surface area (Å²) >= 11 is 0. The second-order valence-corrected chi connectivity index (χ2v) is 9.44. The summed E-state index contributed by atoms with van der Waals surface area (Å²) in [7, 11) is 1.62. The number of allylic oxidation sites excluding steroid dienone is 3. The lowest BCUT2D eigenvalue weighted by Crippen LogP contribution is -2.39. The van der Waals surface area contributed by atoms with Crippen molar-refractivity contribution < 1.29 is 23.8 Å². The number of nitrogens with one attached hydrogen (secondary N) is 1. The Balaban J connectivity index is 1.71. The molecule has 2 aliphatic heterocycles. The van der Waals surface area contributed by atoms with Gasteiger partial charge in [-0.2, -0.15) is 0 Å². The number of ketones is 1. The first kappa shape index (κ1) is 21.6. The zero-order valence-electron chi connectivity index (χ0n) is 18.7. The highest BCUT2D eigenvalue weighted by molar-refractivity contribution is 6.04. The van der Waals surface area contributed by atoms with Crippen molar-refractivity contribution in [1.82, 2.24) is 5.32 Å². The summed E-state index contributed by atoms with van der Waals surface area (Å²) in [5.41, 5.74) is 3.59. The van der Waals surface area contributed by atoms with E-state index in [1.807, 2.05) is 31.2 Å². The van der Waals surface area contributed by atoms with Crippen LogP contribution in [0.25, 0.3) is 0 Å². The van der Waals surface area contributed by atoms with Crippen LogP contribution in [0, 0.1) is 5.41 Å². The average molecular weight is 426 g/mol. The highest BCUT2D eigenvalue weighted by Gasteiger charge is 2.43. The van der Waals surface area contributed by atoms with Crippen molar-refractivity contribution in [2.45, 2.75) is 58.5 Å². The van der Waals surface area contributed by atoms with Crippen LogP contribution in [0.4, 0.5) is 0 Å². The number of benzene rings is 1. The lowest BCUT2D eigenvalue weighted by atomic mass is 9.68. The van der Waals surface area contributed by atoms with Gasteiger partial charge in [0.05, 0.1) is 18.8 Å². The van der Waals surface area contributed by atoms with E-state index in [4.69, 9.17) is 14.2 Å². The van der Waals surface area contributed by atoms with Crippen molar-refractivity contribution in [3.63, 3.8) is 0 Å². The Labute approximate surface area is 183 Å². The quantitative estimate of drug-likeness (QED) is 0.719. The van der Waals surface area contributed by atoms with E-state index in [2.05, 4.69) is 19.2 Å². The molecule has 0 radical (unpaired) electrons. The molecule has 0 amide bonds. The maximum Gasteiger partial charge on any atom is 0.336 e. The van der Waals surface area contributed by atoms with Crippen molar-refractivity contribution in [2.24, 2.45) is 5.41 Å². The van der Waals surface area contributed by atoms with Crippen LogP contribution in [0.3, 0.4) is 0 Å². The molecule has 1 aromatic carbocycles. The minimum absolute atomic E-state index is 0.0484. The predicted octanol–water partition coefficient (Wildman–Crippen LogP) is 4.02. The van der Waals surface area contributed by atoms with E-state index in [9.17, 15) is 9.59 Å². The first-order chi connectivity index (χ1) is 14.8. The number of carbonyl (C=O) groups is 2. The minimum atomic E-state index is -0.456. The Morgan fingerprint density at radius 3 is 2.61 bits per heavy atom. The third-order valence-electron chi connectivity index (χ3n) is 6.33. The molecule has 2 heterocycles. The van der Waals surface area contributed by atoms with Gasteiger partial charge < -0.3 is 19.5 Å². The fourth-order valence-corrected chi connectivity index (χ4v) is 4.86. The Kier molecular flexibility index (Phi) is 5.93. The standard InChI is InChI=1S/C25H31NO5/c1-15-21(24(28)31-14-18-6-5-11-30-18)22(16-7-9-17(29-4)10-8-16)23-19(26-15)12-25(2,3)13-20(23)27/h7-10,18,22,26H,5-6,11-14H2,1-4H3/t18-,22-/m0/s1. The number of hydrogen-bond acceptors (Lipinski definition) is 6. The Hall–Kier alpha value is -2.60. The van der Waals surface area contributed by atoms with E-state index >= 15 is 0 Å². The normalized spacial score (nSPS) is 25.2. The van der Waals surface area contributed by atoms with Gasteiger partial charge >= 0.3 is 5.97 Å². The maximum absolute atomic E-state index is 13.3. The molecule has 166 valence electrons. The third-order valence-corrected chi connectivity index (χ3v) is 6.33. The van der Waals surface area contributed by atoms with E-state index in [1.165, 1.54) is 0 Å². The highest BCUT2D eigenvalue weighted by Crippen LogP contribution is 2.47. The second-order valence-electron chi connectivity index (χ2n) is 9.44. The Bertz CT molecular complexity index is 935. The van der Waals surface area contributed by atoms with Gasteiger partial charge in [0.25, 0.3) is 0 Å². The van der Waals surface area contributed by atoms with Crippen molar-refractivity contribution >= 4 is 11.8 Å². The van der Waals surface area contributed by atoms with E-state index in [1.54, 1.807) is 7.11 Å². The van der Waals surface area contributed by atoms with Crippen molar-refractivity contribution in [3.8, 4) is 5.75 Å². The smallest absolute Gasteiger partial charge is 0.336 e. The molecule has 1 aromatic rings. The molecule has 0 saturated carbocycles. The molecule has 3 aliphatic rings. The van der Waals surface area contributed by atoms with Crippen LogP contribution < -0.4 is 10.1 Å². The second kappa shape index (κ2) is 8.50. The Morgan fingerprint density at radius 1 is 1.23 bits per heavy atom. The van der Waals surface area contributed by atoms with Gasteiger partial charge in [-0.3, -0.25) is 4.79 Å². The number of carbonyl (C=O) groups excluding carboxylic acids is 2. The number of dihydropyridines is 1. The van der Waals surface area contributed by atoms with Gasteiger partial charge in [0.1, 0.15) is 12.4 Å². The average Bonchev–Trinajstić information content (AvgIpc) is 3.24. The molecule has 4 rings (SSSR count). The lowest BCUT2D eigenvalue weighted by molar-refractivity contribution is -0.142. The van der Waals surface area contributed by atoms with Crippen LogP contribution in [0.15, 0.2) is 46.8 Å². The van der Waals surface area contributed by atoms with E-state index in [0.717, 1.165) is 42.0 Å². The van der Waals surface area contributed by atoms with Gasteiger partial charge in [0.2, 0.25) is 0 Å². The Morgan fingerprint density at radius 2 is 1.97 bits per heavy atom. The van der Waals surface area contributed by atoms with Crippen LogP contribution >= 0.6 is 0 Å². The summed E-state index contributed by atoms with van der Waals surface area (Å²) in [4.78, 5) is 26.5. The van der Waals surface area contributed by atoms with Crippen LogP contribution in [-0.2, 0) is 19.1 Å². The van der Waals surface area contributed by atoms with E-state index in [0.29, 0.717) is 24.2 Å². The molecule has 6 nitrogen and oxygen atoms in total. The molecule has 1 fully saturated rings. The monoisotopic (exact) mass is 425 g/mol. The number of methoxy groups -OCH3 is 1. The lowest BCUT2D eigenvalue weighted by Gasteiger charge is -2.39. The zero-order valence-corrected chi connectivity index (χ0v) is 18.7. The third kappa shape index (κ3) is 4.40. The molecule has 31 heavy (non-hydrogen) atoms. The van der Waals surface area contributed by atoms with E-state index in [-0.39, 0.29) is 23.9 Å². The molecule has 1 N–H and O–H groups in total. The molecule has 0 unspecified atom stereocenters. The summed E-state index contributed by atoms with van der Waals surface area (Å²) in [5, 5.41) is 3.37. The summed E-state index contributed by atoms with van der Waals surface area (Å²) in [6, 6.07) is 7.57. The van der Waals surface area contributed by atoms with Crippen LogP contribution in [-0.4, -0.2) is 38.2 Å². The number of rotatable bonds is 5. The van der Waals surface area contributed by atoms with Crippen LogP contribution in [0.1, 0.15) is 57.9 Å². The topological polar surface area (TPSA) is 73.9 Å². The van der Waals surface area contributed by atoms with Gasteiger partial charge in [0.15, 0.2) is 5.78 Å². The van der Waals surface area contributed by atoms with Crippen LogP contribution in [0.5, 0.6) is 5.75 Å². The number of ether oxygens (including phenoxy) is 3. The number of Topliss-reactive ketones (excluding diaryl/α,β-unsaturated/α-hetero) is 1.